The number of para-hydroxylation sites is 1. The van der Waals surface area contributed by atoms with Crippen LogP contribution in [-0.2, 0) is 0 Å². The van der Waals surface area contributed by atoms with E-state index in [1.54, 1.807) is 19.2 Å². The number of rotatable bonds is 5. The lowest BCUT2D eigenvalue weighted by molar-refractivity contribution is 0.0338. The van der Waals surface area contributed by atoms with Crippen LogP contribution in [0.1, 0.15) is 11.7 Å². The van der Waals surface area contributed by atoms with Crippen LogP contribution in [0.15, 0.2) is 48.5 Å². The Morgan fingerprint density at radius 1 is 1.05 bits per heavy atom. The smallest absolute Gasteiger partial charge is 0.126 e. The maximum atomic E-state index is 9.93. The maximum Gasteiger partial charge on any atom is 0.126 e. The lowest BCUT2D eigenvalue weighted by Gasteiger charge is -2.16. The molecule has 2 N–H and O–H groups in total. The zero-order chi connectivity index (χ0) is 14.5. The summed E-state index contributed by atoms with van der Waals surface area (Å²) in [5.41, 5.74) is 2.66. The van der Waals surface area contributed by atoms with Crippen molar-refractivity contribution in [2.75, 3.05) is 12.9 Å². The van der Waals surface area contributed by atoms with E-state index in [1.165, 1.54) is 0 Å². The van der Waals surface area contributed by atoms with Crippen LogP contribution in [0.2, 0.25) is 0 Å². The molecular formula is C16H18O3S. The Labute approximate surface area is 124 Å². The highest BCUT2D eigenvalue weighted by Gasteiger charge is 2.16. The van der Waals surface area contributed by atoms with E-state index in [9.17, 15) is 10.2 Å². The average molecular weight is 290 g/mol. The Balaban J connectivity index is 2.28. The number of hydrogen-bond donors (Lipinski definition) is 3. The van der Waals surface area contributed by atoms with Gasteiger partial charge in [-0.05, 0) is 17.2 Å². The van der Waals surface area contributed by atoms with Gasteiger partial charge in [-0.15, -0.1) is 0 Å². The average Bonchev–Trinajstić information content (AvgIpc) is 2.53. The number of thiol groups is 1. The summed E-state index contributed by atoms with van der Waals surface area (Å²) < 4.78 is 5.33. The molecule has 0 heterocycles. The molecule has 2 atom stereocenters. The summed E-state index contributed by atoms with van der Waals surface area (Å²) in [6.45, 7) is 0. The van der Waals surface area contributed by atoms with Crippen molar-refractivity contribution in [2.45, 2.75) is 12.2 Å². The molecule has 2 rings (SSSR count). The molecule has 4 heteroatoms. The van der Waals surface area contributed by atoms with Gasteiger partial charge in [0.2, 0.25) is 0 Å². The van der Waals surface area contributed by atoms with Gasteiger partial charge in [0.1, 0.15) is 11.9 Å². The zero-order valence-corrected chi connectivity index (χ0v) is 12.1. The van der Waals surface area contributed by atoms with Crippen molar-refractivity contribution < 1.29 is 14.9 Å². The fourth-order valence-corrected chi connectivity index (χ4v) is 2.26. The molecule has 0 radical (unpaired) electrons. The van der Waals surface area contributed by atoms with Crippen molar-refractivity contribution in [3.05, 3.63) is 54.1 Å². The highest BCUT2D eigenvalue weighted by atomic mass is 32.1. The minimum Gasteiger partial charge on any atom is -0.496 e. The van der Waals surface area contributed by atoms with E-state index in [4.69, 9.17) is 4.74 Å². The van der Waals surface area contributed by atoms with Gasteiger partial charge < -0.3 is 14.9 Å². The molecule has 0 fully saturated rings. The van der Waals surface area contributed by atoms with E-state index in [-0.39, 0.29) is 5.75 Å². The van der Waals surface area contributed by atoms with E-state index in [1.807, 2.05) is 36.4 Å². The number of aliphatic hydroxyl groups is 2. The summed E-state index contributed by atoms with van der Waals surface area (Å²) in [5, 5.41) is 19.5. The lowest BCUT2D eigenvalue weighted by atomic mass is 9.99. The fraction of sp³-hybridized carbons (Fsp3) is 0.250. The predicted octanol–water partition coefficient (Wildman–Crippen LogP) is 2.69. The SMILES string of the molecule is COc1ccccc1-c1ccc(C(O)C(O)CS)cc1. The summed E-state index contributed by atoms with van der Waals surface area (Å²) in [7, 11) is 1.64. The molecule has 106 valence electrons. The Morgan fingerprint density at radius 2 is 1.70 bits per heavy atom. The molecule has 0 saturated carbocycles. The van der Waals surface area contributed by atoms with E-state index in [0.717, 1.165) is 16.9 Å². The van der Waals surface area contributed by atoms with Gasteiger partial charge >= 0.3 is 0 Å². The second-order valence-electron chi connectivity index (χ2n) is 4.52. The molecule has 0 bridgehead atoms. The third-order valence-corrected chi connectivity index (χ3v) is 3.60. The van der Waals surface area contributed by atoms with Gasteiger partial charge in [-0.25, -0.2) is 0 Å². The predicted molar refractivity (Wildman–Crippen MR) is 83.2 cm³/mol. The van der Waals surface area contributed by atoms with Gasteiger partial charge in [-0.3, -0.25) is 0 Å². The third-order valence-electron chi connectivity index (χ3n) is 3.22. The van der Waals surface area contributed by atoms with Crippen LogP contribution in [0.5, 0.6) is 5.75 Å². The molecule has 2 aromatic rings. The van der Waals surface area contributed by atoms with Gasteiger partial charge in [0.25, 0.3) is 0 Å². The molecule has 0 aromatic heterocycles. The standard InChI is InChI=1S/C16H18O3S/c1-19-15-5-3-2-4-13(15)11-6-8-12(9-7-11)16(18)14(17)10-20/h2-9,14,16-18,20H,10H2,1H3. The molecule has 2 aromatic carbocycles. The van der Waals surface area contributed by atoms with E-state index in [0.29, 0.717) is 5.56 Å². The Bertz CT molecular complexity index is 554. The summed E-state index contributed by atoms with van der Waals surface area (Å²) >= 11 is 3.98. The minimum atomic E-state index is -0.917. The minimum absolute atomic E-state index is 0.218. The topological polar surface area (TPSA) is 49.7 Å². The number of benzene rings is 2. The summed E-state index contributed by atoms with van der Waals surface area (Å²) in [5.74, 6) is 1.02. The van der Waals surface area contributed by atoms with Crippen LogP contribution in [0.4, 0.5) is 0 Å². The Kier molecular flexibility index (Phi) is 5.06. The van der Waals surface area contributed by atoms with Crippen LogP contribution in [0.25, 0.3) is 11.1 Å². The van der Waals surface area contributed by atoms with Crippen molar-refractivity contribution in [1.29, 1.82) is 0 Å². The summed E-state index contributed by atoms with van der Waals surface area (Å²) in [6.07, 6.45) is -1.78. The number of hydrogen-bond acceptors (Lipinski definition) is 4. The monoisotopic (exact) mass is 290 g/mol. The van der Waals surface area contributed by atoms with Crippen LogP contribution in [0, 0.1) is 0 Å². The van der Waals surface area contributed by atoms with Crippen LogP contribution in [-0.4, -0.2) is 29.2 Å². The van der Waals surface area contributed by atoms with Crippen molar-refractivity contribution in [1.82, 2.24) is 0 Å². The van der Waals surface area contributed by atoms with E-state index < -0.39 is 12.2 Å². The first-order valence-electron chi connectivity index (χ1n) is 6.37. The number of ether oxygens (including phenoxy) is 1. The summed E-state index contributed by atoms with van der Waals surface area (Å²) in [4.78, 5) is 0. The van der Waals surface area contributed by atoms with Gasteiger partial charge in [0, 0.05) is 11.3 Å². The van der Waals surface area contributed by atoms with Crippen molar-refractivity contribution >= 4 is 12.6 Å². The molecule has 0 aliphatic carbocycles. The molecule has 2 unspecified atom stereocenters. The fourth-order valence-electron chi connectivity index (χ4n) is 2.06. The first-order valence-corrected chi connectivity index (χ1v) is 7.01. The van der Waals surface area contributed by atoms with Gasteiger partial charge in [-0.2, -0.15) is 12.6 Å². The lowest BCUT2D eigenvalue weighted by Crippen LogP contribution is -2.19. The van der Waals surface area contributed by atoms with Crippen LogP contribution >= 0.6 is 12.6 Å². The van der Waals surface area contributed by atoms with E-state index >= 15 is 0 Å². The van der Waals surface area contributed by atoms with E-state index in [2.05, 4.69) is 12.6 Å². The second-order valence-corrected chi connectivity index (χ2v) is 4.88. The first kappa shape index (κ1) is 14.9. The van der Waals surface area contributed by atoms with Crippen molar-refractivity contribution in [2.24, 2.45) is 0 Å². The molecule has 0 aliphatic heterocycles. The quantitative estimate of drug-likeness (QED) is 0.742. The molecule has 20 heavy (non-hydrogen) atoms. The van der Waals surface area contributed by atoms with Crippen LogP contribution < -0.4 is 4.74 Å². The summed E-state index contributed by atoms with van der Waals surface area (Å²) in [6, 6.07) is 15.2. The molecular weight excluding hydrogens is 272 g/mol. The highest BCUT2D eigenvalue weighted by Crippen LogP contribution is 2.30. The zero-order valence-electron chi connectivity index (χ0n) is 11.2. The van der Waals surface area contributed by atoms with Gasteiger partial charge in [0.15, 0.2) is 0 Å². The third kappa shape index (κ3) is 3.15. The van der Waals surface area contributed by atoms with Crippen molar-refractivity contribution in [3.8, 4) is 16.9 Å². The Morgan fingerprint density at radius 3 is 2.30 bits per heavy atom. The van der Waals surface area contributed by atoms with Gasteiger partial charge in [-0.1, -0.05) is 42.5 Å². The number of methoxy groups -OCH3 is 1. The van der Waals surface area contributed by atoms with Crippen molar-refractivity contribution in [3.63, 3.8) is 0 Å². The molecule has 0 amide bonds. The van der Waals surface area contributed by atoms with Crippen LogP contribution in [0.3, 0.4) is 0 Å². The Hall–Kier alpha value is -1.49. The van der Waals surface area contributed by atoms with Gasteiger partial charge in [0.05, 0.1) is 13.2 Å². The molecule has 0 spiro atoms. The first-order chi connectivity index (χ1) is 9.67. The normalized spacial score (nSPS) is 13.8. The molecule has 3 nitrogen and oxygen atoms in total. The second kappa shape index (κ2) is 6.79. The molecule has 0 aliphatic rings. The number of aliphatic hydroxyl groups excluding tert-OH is 2. The maximum absolute atomic E-state index is 9.93. The molecule has 0 saturated heterocycles. The largest absolute Gasteiger partial charge is 0.496 e. The highest BCUT2D eigenvalue weighted by molar-refractivity contribution is 7.80.